The fourth-order valence-electron chi connectivity index (χ4n) is 4.65. The number of aliphatic hydroxyl groups excluding tert-OH is 1. The van der Waals surface area contributed by atoms with Crippen molar-refractivity contribution < 1.29 is 28.7 Å². The van der Waals surface area contributed by atoms with Crippen molar-refractivity contribution in [1.29, 1.82) is 0 Å². The number of benzene rings is 3. The van der Waals surface area contributed by atoms with E-state index in [1.54, 1.807) is 18.3 Å². The first kappa shape index (κ1) is 29.3. The van der Waals surface area contributed by atoms with Crippen molar-refractivity contribution in [2.45, 2.75) is 38.7 Å². The summed E-state index contributed by atoms with van der Waals surface area (Å²) in [6, 6.07) is 22.1. The third kappa shape index (κ3) is 6.99. The molecule has 43 heavy (non-hydrogen) atoms. The minimum atomic E-state index is -1.07. The van der Waals surface area contributed by atoms with Crippen LogP contribution in [0.15, 0.2) is 94.6 Å². The molecule has 1 unspecified atom stereocenters. The van der Waals surface area contributed by atoms with E-state index in [9.17, 15) is 19.1 Å². The van der Waals surface area contributed by atoms with Crippen LogP contribution in [0.3, 0.4) is 0 Å². The second-order valence-corrected chi connectivity index (χ2v) is 10.1. The van der Waals surface area contributed by atoms with Crippen LogP contribution in [0.2, 0.25) is 0 Å². The first-order valence-corrected chi connectivity index (χ1v) is 13.7. The van der Waals surface area contributed by atoms with Crippen molar-refractivity contribution >= 4 is 40.5 Å². The minimum Gasteiger partial charge on any atom is -0.481 e. The molecule has 0 radical (unpaired) electrons. The van der Waals surface area contributed by atoms with Crippen LogP contribution in [-0.2, 0) is 9.59 Å². The highest BCUT2D eigenvalue weighted by molar-refractivity contribution is 6.10. The van der Waals surface area contributed by atoms with Gasteiger partial charge in [0.05, 0.1) is 11.2 Å². The van der Waals surface area contributed by atoms with Crippen LogP contribution in [0.5, 0.6) is 0 Å². The Morgan fingerprint density at radius 1 is 1.05 bits per heavy atom. The van der Waals surface area contributed by atoms with Crippen LogP contribution in [0.25, 0.3) is 22.2 Å². The Balaban J connectivity index is 1.44. The number of carboxylic acid groups (broad SMARTS) is 1. The predicted molar refractivity (Wildman–Crippen MR) is 161 cm³/mol. The molecule has 5 rings (SSSR count). The number of pyridine rings is 1. The topological polar surface area (TPSA) is 129 Å². The zero-order chi connectivity index (χ0) is 30.3. The number of carbonyl (C=O) groups is 2. The van der Waals surface area contributed by atoms with Gasteiger partial charge >= 0.3 is 5.97 Å². The van der Waals surface area contributed by atoms with Crippen LogP contribution in [-0.4, -0.2) is 38.6 Å². The Kier molecular flexibility index (Phi) is 8.97. The van der Waals surface area contributed by atoms with E-state index in [0.717, 1.165) is 16.5 Å². The van der Waals surface area contributed by atoms with Gasteiger partial charge in [0.25, 0.3) is 0 Å². The lowest BCUT2D eigenvalue weighted by atomic mass is 10.0. The van der Waals surface area contributed by atoms with E-state index in [1.807, 2.05) is 49.4 Å². The Labute approximate surface area is 246 Å². The van der Waals surface area contributed by atoms with Gasteiger partial charge in [0, 0.05) is 47.3 Å². The summed E-state index contributed by atoms with van der Waals surface area (Å²) in [5, 5.41) is 25.1. The summed E-state index contributed by atoms with van der Waals surface area (Å²) in [6.45, 7) is 1.87. The summed E-state index contributed by atoms with van der Waals surface area (Å²) in [4.78, 5) is 33.7. The van der Waals surface area contributed by atoms with Gasteiger partial charge in [0.2, 0.25) is 6.41 Å². The molecule has 1 amide bonds. The SMILES string of the molecule is Cc1ccc(-c2cc(C(O)c3cnc4ccccc4c3)on2)cc1N=C(CCCCC(=O)O)N(C=O)c1ccc(F)cc1. The highest BCUT2D eigenvalue weighted by atomic mass is 19.1. The molecule has 2 N–H and O–H groups in total. The molecule has 0 aliphatic rings. The molecule has 0 aliphatic heterocycles. The third-order valence-electron chi connectivity index (χ3n) is 7.01. The van der Waals surface area contributed by atoms with Crippen molar-refractivity contribution in [2.75, 3.05) is 4.90 Å². The van der Waals surface area contributed by atoms with Gasteiger partial charge in [-0.25, -0.2) is 9.38 Å². The average molecular weight is 581 g/mol. The molecule has 2 heterocycles. The Bertz CT molecular complexity index is 1780. The second kappa shape index (κ2) is 13.2. The number of aliphatic hydroxyl groups is 1. The number of rotatable bonds is 11. The number of aliphatic carboxylic acids is 1. The van der Waals surface area contributed by atoms with E-state index in [4.69, 9.17) is 14.6 Å². The molecule has 10 heteroatoms. The highest BCUT2D eigenvalue weighted by Gasteiger charge is 2.19. The smallest absolute Gasteiger partial charge is 0.303 e. The number of hydrogen-bond donors (Lipinski definition) is 2. The number of aliphatic imine (C=N–C) groups is 1. The quantitative estimate of drug-likeness (QED) is 0.0764. The zero-order valence-corrected chi connectivity index (χ0v) is 23.4. The normalized spacial score (nSPS) is 12.3. The van der Waals surface area contributed by atoms with Gasteiger partial charge in [-0.1, -0.05) is 35.5 Å². The van der Waals surface area contributed by atoms with Crippen LogP contribution in [0.1, 0.15) is 48.7 Å². The summed E-state index contributed by atoms with van der Waals surface area (Å²) in [7, 11) is 0. The van der Waals surface area contributed by atoms with E-state index < -0.39 is 17.9 Å². The number of halogens is 1. The fraction of sp³-hybridized carbons (Fsp3) is 0.182. The van der Waals surface area contributed by atoms with Crippen molar-refractivity contribution in [3.63, 3.8) is 0 Å². The molecule has 0 saturated heterocycles. The molecule has 0 fully saturated rings. The number of anilines is 1. The maximum Gasteiger partial charge on any atom is 0.303 e. The average Bonchev–Trinajstić information content (AvgIpc) is 3.51. The Morgan fingerprint density at radius 2 is 1.81 bits per heavy atom. The van der Waals surface area contributed by atoms with Crippen LogP contribution >= 0.6 is 0 Å². The lowest BCUT2D eigenvalue weighted by molar-refractivity contribution is -0.137. The first-order valence-electron chi connectivity index (χ1n) is 13.7. The number of unbranched alkanes of at least 4 members (excludes halogenated alkanes) is 1. The van der Waals surface area contributed by atoms with Crippen molar-refractivity contribution in [1.82, 2.24) is 10.1 Å². The number of amidine groups is 1. The number of aromatic nitrogens is 2. The molecular formula is C33H29FN4O5. The van der Waals surface area contributed by atoms with Crippen LogP contribution < -0.4 is 4.90 Å². The lowest BCUT2D eigenvalue weighted by Crippen LogP contribution is -2.29. The van der Waals surface area contributed by atoms with E-state index >= 15 is 0 Å². The highest BCUT2D eigenvalue weighted by Crippen LogP contribution is 2.31. The molecular weight excluding hydrogens is 551 g/mol. The monoisotopic (exact) mass is 580 g/mol. The number of hydrogen-bond acceptors (Lipinski definition) is 7. The maximum absolute atomic E-state index is 13.6. The molecule has 0 aliphatic carbocycles. The van der Waals surface area contributed by atoms with E-state index in [1.165, 1.54) is 29.2 Å². The van der Waals surface area contributed by atoms with Gasteiger partial charge in [-0.2, -0.15) is 0 Å². The zero-order valence-electron chi connectivity index (χ0n) is 23.4. The molecule has 0 spiro atoms. The van der Waals surface area contributed by atoms with Crippen LogP contribution in [0, 0.1) is 12.7 Å². The second-order valence-electron chi connectivity index (χ2n) is 10.1. The number of fused-ring (bicyclic) bond motifs is 1. The Hall–Kier alpha value is -5.22. The number of para-hydroxylation sites is 1. The summed E-state index contributed by atoms with van der Waals surface area (Å²) in [5.74, 6) is -0.707. The van der Waals surface area contributed by atoms with Gasteiger partial charge in [0.1, 0.15) is 23.5 Å². The van der Waals surface area contributed by atoms with Crippen LogP contribution in [0.4, 0.5) is 15.8 Å². The molecule has 9 nitrogen and oxygen atoms in total. The predicted octanol–water partition coefficient (Wildman–Crippen LogP) is 6.76. The van der Waals surface area contributed by atoms with Gasteiger partial charge in [-0.3, -0.25) is 19.5 Å². The number of amides is 1. The molecule has 0 saturated carbocycles. The number of carbonyl (C=O) groups excluding carboxylic acids is 1. The fourth-order valence-corrected chi connectivity index (χ4v) is 4.65. The number of nitrogens with zero attached hydrogens (tertiary/aromatic N) is 4. The lowest BCUT2D eigenvalue weighted by Gasteiger charge is -2.20. The number of aryl methyl sites for hydroxylation is 1. The summed E-state index contributed by atoms with van der Waals surface area (Å²) in [5.41, 5.74) is 4.35. The van der Waals surface area contributed by atoms with Crippen molar-refractivity contribution in [2.24, 2.45) is 4.99 Å². The van der Waals surface area contributed by atoms with Crippen molar-refractivity contribution in [3.05, 3.63) is 108 Å². The van der Waals surface area contributed by atoms with Gasteiger partial charge < -0.3 is 14.7 Å². The number of carboxylic acids is 1. The van der Waals surface area contributed by atoms with E-state index in [-0.39, 0.29) is 12.2 Å². The molecule has 1 atom stereocenters. The van der Waals surface area contributed by atoms with Gasteiger partial charge in [-0.05, 0) is 67.8 Å². The molecule has 218 valence electrons. The first-order chi connectivity index (χ1) is 20.8. The molecule has 0 bridgehead atoms. The maximum atomic E-state index is 13.6. The summed E-state index contributed by atoms with van der Waals surface area (Å²) >= 11 is 0. The van der Waals surface area contributed by atoms with E-state index in [0.29, 0.717) is 59.7 Å². The van der Waals surface area contributed by atoms with Gasteiger partial charge in [-0.15, -0.1) is 0 Å². The largest absolute Gasteiger partial charge is 0.481 e. The summed E-state index contributed by atoms with van der Waals surface area (Å²) in [6.07, 6.45) is 2.32. The van der Waals surface area contributed by atoms with Crippen molar-refractivity contribution in [3.8, 4) is 11.3 Å². The van der Waals surface area contributed by atoms with E-state index in [2.05, 4.69) is 10.1 Å². The summed E-state index contributed by atoms with van der Waals surface area (Å²) < 4.78 is 19.1. The molecule has 2 aromatic heterocycles. The molecule has 5 aromatic rings. The Morgan fingerprint density at radius 3 is 2.58 bits per heavy atom. The minimum absolute atomic E-state index is 0.00492. The van der Waals surface area contributed by atoms with Gasteiger partial charge in [0.15, 0.2) is 5.76 Å². The third-order valence-corrected chi connectivity index (χ3v) is 7.01. The molecule has 3 aromatic carbocycles. The standard InChI is InChI=1S/C33H29FN4O5/c1-21-10-11-23(29-18-30(43-37-29)33(42)24-16-22-6-2-3-7-27(22)35-19-24)17-28(21)36-31(8-4-5-9-32(40)41)38(20-39)26-14-12-25(34)13-15-26/h2-3,6-7,10-20,33,42H,4-5,8-9H2,1H3,(H,40,41).